The number of hydrogen-bond donors (Lipinski definition) is 2. The molecule has 0 aromatic rings. The van der Waals surface area contributed by atoms with Crippen LogP contribution in [0.15, 0.2) is 0 Å². The Balaban J connectivity index is 2.06. The maximum atomic E-state index is 10.9. The van der Waals surface area contributed by atoms with Gasteiger partial charge in [-0.15, -0.1) is 0 Å². The summed E-state index contributed by atoms with van der Waals surface area (Å²) in [6, 6.07) is 0. The van der Waals surface area contributed by atoms with Gasteiger partial charge in [0.15, 0.2) is 0 Å². The zero-order valence-corrected chi connectivity index (χ0v) is 9.12. The van der Waals surface area contributed by atoms with Crippen molar-refractivity contribution >= 4 is 5.97 Å². The van der Waals surface area contributed by atoms with Gasteiger partial charge in [-0.3, -0.25) is 10.1 Å². The van der Waals surface area contributed by atoms with Crippen molar-refractivity contribution < 1.29 is 19.4 Å². The third kappa shape index (κ3) is 3.44. The van der Waals surface area contributed by atoms with Gasteiger partial charge < -0.3 is 14.6 Å². The van der Waals surface area contributed by atoms with E-state index in [4.69, 9.17) is 14.6 Å². The van der Waals surface area contributed by atoms with Gasteiger partial charge in [0.2, 0.25) is 0 Å². The minimum absolute atomic E-state index is 0.526. The van der Waals surface area contributed by atoms with Gasteiger partial charge >= 0.3 is 5.97 Å². The fourth-order valence-corrected chi connectivity index (χ4v) is 1.60. The second-order valence-corrected chi connectivity index (χ2v) is 3.77. The van der Waals surface area contributed by atoms with Crippen molar-refractivity contribution in [1.29, 1.82) is 0 Å². The number of carboxylic acid groups (broad SMARTS) is 1. The van der Waals surface area contributed by atoms with E-state index in [0.717, 1.165) is 19.3 Å². The molecule has 0 radical (unpaired) electrons. The number of aliphatic carboxylic acids is 1. The second kappa shape index (κ2) is 6.05. The Kier molecular flexibility index (Phi) is 5.01. The van der Waals surface area contributed by atoms with E-state index in [2.05, 4.69) is 5.32 Å². The summed E-state index contributed by atoms with van der Waals surface area (Å²) in [4.78, 5) is 10.9. The predicted molar refractivity (Wildman–Crippen MR) is 54.9 cm³/mol. The third-order valence-electron chi connectivity index (χ3n) is 2.76. The van der Waals surface area contributed by atoms with E-state index in [-0.39, 0.29) is 0 Å². The SMILES string of the molecule is COCCOCCNC1(C(=O)O)CCC1. The summed E-state index contributed by atoms with van der Waals surface area (Å²) in [6.45, 7) is 2.23. The second-order valence-electron chi connectivity index (χ2n) is 3.77. The van der Waals surface area contributed by atoms with Crippen molar-refractivity contribution in [3.05, 3.63) is 0 Å². The fraction of sp³-hybridized carbons (Fsp3) is 0.900. The number of hydrogen-bond acceptors (Lipinski definition) is 4. The quantitative estimate of drug-likeness (QED) is 0.570. The number of nitrogens with one attached hydrogen (secondary N) is 1. The molecule has 0 aliphatic heterocycles. The van der Waals surface area contributed by atoms with Crippen LogP contribution in [0.5, 0.6) is 0 Å². The zero-order valence-electron chi connectivity index (χ0n) is 9.12. The van der Waals surface area contributed by atoms with Crippen LogP contribution >= 0.6 is 0 Å². The van der Waals surface area contributed by atoms with Crippen molar-refractivity contribution in [1.82, 2.24) is 5.32 Å². The molecule has 0 atom stereocenters. The van der Waals surface area contributed by atoms with Crippen molar-refractivity contribution in [3.63, 3.8) is 0 Å². The molecule has 15 heavy (non-hydrogen) atoms. The molecule has 5 nitrogen and oxygen atoms in total. The molecule has 1 aliphatic carbocycles. The lowest BCUT2D eigenvalue weighted by atomic mass is 9.77. The molecule has 0 saturated heterocycles. The first kappa shape index (κ1) is 12.4. The Morgan fingerprint density at radius 3 is 2.60 bits per heavy atom. The van der Waals surface area contributed by atoms with Gasteiger partial charge in [0.25, 0.3) is 0 Å². The molecule has 88 valence electrons. The van der Waals surface area contributed by atoms with E-state index in [1.54, 1.807) is 7.11 Å². The lowest BCUT2D eigenvalue weighted by Crippen LogP contribution is -2.57. The number of rotatable bonds is 8. The Morgan fingerprint density at radius 2 is 2.13 bits per heavy atom. The van der Waals surface area contributed by atoms with Crippen LogP contribution in [0.2, 0.25) is 0 Å². The molecule has 1 aliphatic rings. The van der Waals surface area contributed by atoms with E-state index in [9.17, 15) is 4.79 Å². The summed E-state index contributed by atoms with van der Waals surface area (Å²) >= 11 is 0. The highest BCUT2D eigenvalue weighted by Crippen LogP contribution is 2.31. The summed E-state index contributed by atoms with van der Waals surface area (Å²) in [5.41, 5.74) is -0.676. The molecule has 0 amide bonds. The third-order valence-corrected chi connectivity index (χ3v) is 2.76. The standard InChI is InChI=1S/C10H19NO4/c1-14-7-8-15-6-5-11-10(9(12)13)3-2-4-10/h11H,2-8H2,1H3,(H,12,13). The van der Waals surface area contributed by atoms with Crippen molar-refractivity contribution in [2.24, 2.45) is 0 Å². The molecule has 0 aromatic heterocycles. The average Bonchev–Trinajstić information content (AvgIpc) is 2.13. The molecule has 0 bridgehead atoms. The monoisotopic (exact) mass is 217 g/mol. The maximum absolute atomic E-state index is 10.9. The molecule has 1 saturated carbocycles. The average molecular weight is 217 g/mol. The summed E-state index contributed by atoms with van der Waals surface area (Å²) < 4.78 is 10.1. The minimum atomic E-state index is -0.745. The van der Waals surface area contributed by atoms with Crippen LogP contribution in [-0.2, 0) is 14.3 Å². The van der Waals surface area contributed by atoms with Crippen molar-refractivity contribution in [3.8, 4) is 0 Å². The van der Waals surface area contributed by atoms with Crippen LogP contribution in [0.25, 0.3) is 0 Å². The minimum Gasteiger partial charge on any atom is -0.480 e. The molecule has 0 aromatic carbocycles. The molecular weight excluding hydrogens is 198 g/mol. The van der Waals surface area contributed by atoms with Gasteiger partial charge in [0.05, 0.1) is 19.8 Å². The number of ether oxygens (including phenoxy) is 2. The van der Waals surface area contributed by atoms with Crippen LogP contribution in [0.3, 0.4) is 0 Å². The van der Waals surface area contributed by atoms with E-state index in [1.165, 1.54) is 0 Å². The number of carbonyl (C=O) groups is 1. The van der Waals surface area contributed by atoms with Crippen LogP contribution in [0.1, 0.15) is 19.3 Å². The summed E-state index contributed by atoms with van der Waals surface area (Å²) in [5.74, 6) is -0.745. The molecule has 0 spiro atoms. The fourth-order valence-electron chi connectivity index (χ4n) is 1.60. The van der Waals surface area contributed by atoms with Crippen LogP contribution in [-0.4, -0.2) is 50.1 Å². The predicted octanol–water partition coefficient (Wildman–Crippen LogP) is 0.246. The lowest BCUT2D eigenvalue weighted by Gasteiger charge is -2.38. The number of methoxy groups -OCH3 is 1. The Bertz CT molecular complexity index is 204. The van der Waals surface area contributed by atoms with Crippen LogP contribution < -0.4 is 5.32 Å². The Labute approximate surface area is 89.8 Å². The molecule has 0 heterocycles. The Hall–Kier alpha value is -0.650. The first-order chi connectivity index (χ1) is 7.21. The van der Waals surface area contributed by atoms with Gasteiger partial charge in [0.1, 0.15) is 5.54 Å². The highest BCUT2D eigenvalue weighted by atomic mass is 16.5. The van der Waals surface area contributed by atoms with Gasteiger partial charge in [-0.25, -0.2) is 0 Å². The van der Waals surface area contributed by atoms with E-state index >= 15 is 0 Å². The van der Waals surface area contributed by atoms with Crippen molar-refractivity contribution in [2.45, 2.75) is 24.8 Å². The van der Waals surface area contributed by atoms with Gasteiger partial charge in [-0.2, -0.15) is 0 Å². The molecule has 2 N–H and O–H groups in total. The van der Waals surface area contributed by atoms with Gasteiger partial charge in [-0.1, -0.05) is 0 Å². The van der Waals surface area contributed by atoms with E-state index in [0.29, 0.717) is 26.4 Å². The van der Waals surface area contributed by atoms with Crippen molar-refractivity contribution in [2.75, 3.05) is 33.5 Å². The molecule has 1 rings (SSSR count). The zero-order chi connectivity index (χ0) is 11.1. The summed E-state index contributed by atoms with van der Waals surface area (Å²) in [5, 5.41) is 12.0. The van der Waals surface area contributed by atoms with Crippen LogP contribution in [0, 0.1) is 0 Å². The topological polar surface area (TPSA) is 67.8 Å². The van der Waals surface area contributed by atoms with E-state index < -0.39 is 11.5 Å². The molecule has 5 heteroatoms. The van der Waals surface area contributed by atoms with E-state index in [1.807, 2.05) is 0 Å². The van der Waals surface area contributed by atoms with Crippen LogP contribution in [0.4, 0.5) is 0 Å². The highest BCUT2D eigenvalue weighted by molar-refractivity contribution is 5.79. The lowest BCUT2D eigenvalue weighted by molar-refractivity contribution is -0.148. The molecule has 1 fully saturated rings. The first-order valence-corrected chi connectivity index (χ1v) is 5.26. The Morgan fingerprint density at radius 1 is 1.40 bits per heavy atom. The normalized spacial score (nSPS) is 18.5. The smallest absolute Gasteiger partial charge is 0.323 e. The first-order valence-electron chi connectivity index (χ1n) is 5.26. The maximum Gasteiger partial charge on any atom is 0.323 e. The molecule has 0 unspecified atom stereocenters. The largest absolute Gasteiger partial charge is 0.480 e. The van der Waals surface area contributed by atoms with Gasteiger partial charge in [-0.05, 0) is 19.3 Å². The summed E-state index contributed by atoms with van der Waals surface area (Å²) in [6.07, 6.45) is 2.44. The number of carboxylic acids is 1. The van der Waals surface area contributed by atoms with Gasteiger partial charge in [0, 0.05) is 13.7 Å². The molecular formula is C10H19NO4. The summed E-state index contributed by atoms with van der Waals surface area (Å²) in [7, 11) is 1.62. The highest BCUT2D eigenvalue weighted by Gasteiger charge is 2.43.